The first-order chi connectivity index (χ1) is 8.13. The third-order valence-corrected chi connectivity index (χ3v) is 3.42. The molecule has 3 nitrogen and oxygen atoms in total. The van der Waals surface area contributed by atoms with E-state index in [1.165, 1.54) is 5.56 Å². The fourth-order valence-corrected chi connectivity index (χ4v) is 2.19. The number of amides is 1. The number of ether oxygens (including phenoxy) is 1. The fraction of sp³-hybridized carbons (Fsp3) is 0.462. The molecule has 0 saturated carbocycles. The number of benzene rings is 1. The molecule has 1 N–H and O–H groups in total. The number of nitrogens with one attached hydrogen (secondary N) is 1. The maximum Gasteiger partial charge on any atom is 0.233 e. The van der Waals surface area contributed by atoms with Crippen LogP contribution in [0.4, 0.5) is 0 Å². The highest BCUT2D eigenvalue weighted by Gasteiger charge is 2.13. The van der Waals surface area contributed by atoms with Crippen LogP contribution < -0.4 is 5.32 Å². The Morgan fingerprint density at radius 3 is 2.65 bits per heavy atom. The minimum absolute atomic E-state index is 0.0487. The third-order valence-electron chi connectivity index (χ3n) is 2.31. The molecule has 17 heavy (non-hydrogen) atoms. The molecule has 0 aliphatic heterocycles. The van der Waals surface area contributed by atoms with Gasteiger partial charge in [-0.2, -0.15) is 0 Å². The Labute approximate surface area is 107 Å². The lowest BCUT2D eigenvalue weighted by atomic mass is 10.2. The second kappa shape index (κ2) is 7.35. The summed E-state index contributed by atoms with van der Waals surface area (Å²) in [5, 5.41) is 2.74. The van der Waals surface area contributed by atoms with Crippen molar-refractivity contribution < 1.29 is 9.53 Å². The first-order valence-corrected chi connectivity index (χ1v) is 6.51. The molecule has 0 aliphatic rings. The average Bonchev–Trinajstić information content (AvgIpc) is 2.32. The van der Waals surface area contributed by atoms with Crippen LogP contribution in [-0.4, -0.2) is 31.4 Å². The largest absolute Gasteiger partial charge is 0.383 e. The van der Waals surface area contributed by atoms with Crippen molar-refractivity contribution in [3.8, 4) is 0 Å². The van der Waals surface area contributed by atoms with E-state index in [4.69, 9.17) is 4.74 Å². The molecule has 1 aromatic carbocycles. The lowest BCUT2D eigenvalue weighted by Gasteiger charge is -2.11. The number of rotatable bonds is 6. The van der Waals surface area contributed by atoms with Crippen molar-refractivity contribution >= 4 is 17.7 Å². The summed E-state index contributed by atoms with van der Waals surface area (Å²) in [6, 6.07) is 8.19. The number of hydrogen-bond donors (Lipinski definition) is 1. The number of carbonyl (C=O) groups excluding carboxylic acids is 1. The Balaban J connectivity index is 2.40. The SMILES string of the molecule is COCCNC(=O)C(C)Sc1ccc(C)cc1. The van der Waals surface area contributed by atoms with Crippen LogP contribution in [-0.2, 0) is 9.53 Å². The van der Waals surface area contributed by atoms with Crippen LogP contribution in [0.2, 0.25) is 0 Å². The van der Waals surface area contributed by atoms with Crippen molar-refractivity contribution in [2.75, 3.05) is 20.3 Å². The first kappa shape index (κ1) is 14.1. The number of aryl methyl sites for hydroxylation is 1. The van der Waals surface area contributed by atoms with Gasteiger partial charge in [0.1, 0.15) is 0 Å². The van der Waals surface area contributed by atoms with Crippen molar-refractivity contribution in [2.24, 2.45) is 0 Å². The van der Waals surface area contributed by atoms with Crippen LogP contribution in [0.15, 0.2) is 29.2 Å². The second-order valence-corrected chi connectivity index (χ2v) is 5.27. The summed E-state index contributed by atoms with van der Waals surface area (Å²) in [6.07, 6.45) is 0. The molecule has 1 atom stereocenters. The summed E-state index contributed by atoms with van der Waals surface area (Å²) in [7, 11) is 1.62. The maximum atomic E-state index is 11.7. The summed E-state index contributed by atoms with van der Waals surface area (Å²) in [4.78, 5) is 12.8. The van der Waals surface area contributed by atoms with Crippen molar-refractivity contribution in [3.63, 3.8) is 0 Å². The lowest BCUT2D eigenvalue weighted by Crippen LogP contribution is -2.33. The Morgan fingerprint density at radius 2 is 2.06 bits per heavy atom. The van der Waals surface area contributed by atoms with Crippen LogP contribution >= 0.6 is 11.8 Å². The average molecular weight is 253 g/mol. The normalized spacial score (nSPS) is 12.2. The van der Waals surface area contributed by atoms with Crippen molar-refractivity contribution in [2.45, 2.75) is 24.0 Å². The van der Waals surface area contributed by atoms with Crippen LogP contribution in [0, 0.1) is 6.92 Å². The molecular formula is C13H19NO2S. The zero-order chi connectivity index (χ0) is 12.7. The molecule has 94 valence electrons. The Hall–Kier alpha value is -1.00. The van der Waals surface area contributed by atoms with Gasteiger partial charge in [0.05, 0.1) is 11.9 Å². The van der Waals surface area contributed by atoms with Gasteiger partial charge < -0.3 is 10.1 Å². The molecule has 1 unspecified atom stereocenters. The van der Waals surface area contributed by atoms with Crippen LogP contribution in [0.25, 0.3) is 0 Å². The van der Waals surface area contributed by atoms with Gasteiger partial charge in [0.15, 0.2) is 0 Å². The predicted molar refractivity (Wildman–Crippen MR) is 71.4 cm³/mol. The van der Waals surface area contributed by atoms with E-state index in [1.54, 1.807) is 18.9 Å². The third kappa shape index (κ3) is 5.24. The Morgan fingerprint density at radius 1 is 1.41 bits per heavy atom. The molecule has 1 amide bonds. The van der Waals surface area contributed by atoms with Gasteiger partial charge in [0.25, 0.3) is 0 Å². The minimum Gasteiger partial charge on any atom is -0.383 e. The van der Waals surface area contributed by atoms with Gasteiger partial charge in [-0.05, 0) is 26.0 Å². The summed E-state index contributed by atoms with van der Waals surface area (Å²) >= 11 is 1.57. The first-order valence-electron chi connectivity index (χ1n) is 5.63. The zero-order valence-corrected chi connectivity index (χ0v) is 11.3. The molecule has 0 aliphatic carbocycles. The number of carbonyl (C=O) groups is 1. The van der Waals surface area contributed by atoms with Crippen molar-refractivity contribution in [1.82, 2.24) is 5.32 Å². The molecule has 0 bridgehead atoms. The molecule has 0 saturated heterocycles. The van der Waals surface area contributed by atoms with Gasteiger partial charge in [-0.15, -0.1) is 11.8 Å². The number of methoxy groups -OCH3 is 1. The van der Waals surface area contributed by atoms with E-state index in [0.717, 1.165) is 4.90 Å². The van der Waals surface area contributed by atoms with Crippen molar-refractivity contribution in [1.29, 1.82) is 0 Å². The molecule has 0 fully saturated rings. The molecular weight excluding hydrogens is 234 g/mol. The number of hydrogen-bond acceptors (Lipinski definition) is 3. The van der Waals surface area contributed by atoms with Gasteiger partial charge in [0, 0.05) is 18.6 Å². The van der Waals surface area contributed by atoms with E-state index >= 15 is 0 Å². The van der Waals surface area contributed by atoms with Crippen LogP contribution in [0.1, 0.15) is 12.5 Å². The molecule has 1 rings (SSSR count). The van der Waals surface area contributed by atoms with Gasteiger partial charge >= 0.3 is 0 Å². The van der Waals surface area contributed by atoms with E-state index in [9.17, 15) is 4.79 Å². The highest BCUT2D eigenvalue weighted by atomic mass is 32.2. The maximum absolute atomic E-state index is 11.7. The number of thioether (sulfide) groups is 1. The van der Waals surface area contributed by atoms with E-state index in [2.05, 4.69) is 24.4 Å². The summed E-state index contributed by atoms with van der Waals surface area (Å²) in [5.41, 5.74) is 1.23. The van der Waals surface area contributed by atoms with Crippen molar-refractivity contribution in [3.05, 3.63) is 29.8 Å². The Kier molecular flexibility index (Phi) is 6.08. The Bertz CT molecular complexity index is 351. The molecule has 4 heteroatoms. The summed E-state index contributed by atoms with van der Waals surface area (Å²) in [6.45, 7) is 5.07. The zero-order valence-electron chi connectivity index (χ0n) is 10.5. The topological polar surface area (TPSA) is 38.3 Å². The molecule has 0 spiro atoms. The lowest BCUT2D eigenvalue weighted by molar-refractivity contribution is -0.120. The van der Waals surface area contributed by atoms with Gasteiger partial charge in [-0.25, -0.2) is 0 Å². The minimum atomic E-state index is -0.0884. The van der Waals surface area contributed by atoms with E-state index < -0.39 is 0 Å². The van der Waals surface area contributed by atoms with Crippen LogP contribution in [0.5, 0.6) is 0 Å². The smallest absolute Gasteiger partial charge is 0.233 e. The van der Waals surface area contributed by atoms with E-state index in [0.29, 0.717) is 13.2 Å². The van der Waals surface area contributed by atoms with E-state index in [-0.39, 0.29) is 11.2 Å². The molecule has 0 heterocycles. The summed E-state index contributed by atoms with van der Waals surface area (Å²) in [5.74, 6) is 0.0487. The monoisotopic (exact) mass is 253 g/mol. The fourth-order valence-electron chi connectivity index (χ4n) is 1.29. The van der Waals surface area contributed by atoms with Gasteiger partial charge in [-0.3, -0.25) is 4.79 Å². The highest BCUT2D eigenvalue weighted by Crippen LogP contribution is 2.23. The van der Waals surface area contributed by atoms with Crippen LogP contribution in [0.3, 0.4) is 0 Å². The second-order valence-electron chi connectivity index (χ2n) is 3.86. The van der Waals surface area contributed by atoms with Gasteiger partial charge in [0.2, 0.25) is 5.91 Å². The summed E-state index contributed by atoms with van der Waals surface area (Å²) < 4.78 is 4.88. The molecule has 1 aromatic rings. The highest BCUT2D eigenvalue weighted by molar-refractivity contribution is 8.00. The predicted octanol–water partition coefficient (Wildman–Crippen LogP) is 2.24. The van der Waals surface area contributed by atoms with E-state index in [1.807, 2.05) is 19.1 Å². The quantitative estimate of drug-likeness (QED) is 0.624. The standard InChI is InChI=1S/C13H19NO2S/c1-10-4-6-12(7-5-10)17-11(2)13(15)14-8-9-16-3/h4-7,11H,8-9H2,1-3H3,(H,14,15). The molecule has 0 radical (unpaired) electrons. The van der Waals surface area contributed by atoms with Gasteiger partial charge in [-0.1, -0.05) is 17.7 Å². The molecule has 0 aromatic heterocycles.